The van der Waals surface area contributed by atoms with E-state index in [1.807, 2.05) is 12.1 Å². The van der Waals surface area contributed by atoms with Crippen LogP contribution in [0.1, 0.15) is 116 Å². The van der Waals surface area contributed by atoms with Crippen molar-refractivity contribution in [2.75, 3.05) is 13.1 Å². The number of benzene rings is 2. The molecule has 0 unspecified atom stereocenters. The molecule has 0 amide bonds. The van der Waals surface area contributed by atoms with Crippen LogP contribution in [-0.2, 0) is 41.9 Å². The van der Waals surface area contributed by atoms with Gasteiger partial charge in [0.05, 0.1) is 13.1 Å². The molecule has 0 aromatic heterocycles. The summed E-state index contributed by atoms with van der Waals surface area (Å²) in [4.78, 5) is 9.11. The van der Waals surface area contributed by atoms with E-state index in [1.165, 1.54) is 11.1 Å². The largest absolute Gasteiger partial charge is 0.522 e. The Labute approximate surface area is 325 Å². The molecule has 0 heterocycles. The van der Waals surface area contributed by atoms with Crippen LogP contribution in [0.25, 0.3) is 0 Å². The predicted molar refractivity (Wildman–Crippen MR) is 197 cm³/mol. The van der Waals surface area contributed by atoms with E-state index in [1.54, 1.807) is 12.4 Å². The maximum Gasteiger partial charge on any atom is 0.522 e. The Hall–Kier alpha value is -2.42. The van der Waals surface area contributed by atoms with Gasteiger partial charge in [0.25, 0.3) is 0 Å². The monoisotopic (exact) mass is 912 g/mol. The Morgan fingerprint density at radius 1 is 0.528 bits per heavy atom. The summed E-state index contributed by atoms with van der Waals surface area (Å²) < 4.78 is 115. The van der Waals surface area contributed by atoms with E-state index in [0.717, 1.165) is 22.3 Å². The van der Waals surface area contributed by atoms with Gasteiger partial charge in [0.2, 0.25) is 0 Å². The Morgan fingerprint density at radius 2 is 0.755 bits per heavy atom. The average Bonchev–Trinajstić information content (AvgIpc) is 2.88. The zero-order valence-electron chi connectivity index (χ0n) is 31.8. The van der Waals surface area contributed by atoms with Crippen LogP contribution in [0, 0.1) is 0 Å². The summed E-state index contributed by atoms with van der Waals surface area (Å²) in [7, 11) is -11.7. The van der Waals surface area contributed by atoms with Crippen molar-refractivity contribution in [2.24, 2.45) is 9.98 Å². The summed E-state index contributed by atoms with van der Waals surface area (Å²) in [6.45, 7) is 26.7. The summed E-state index contributed by atoms with van der Waals surface area (Å²) in [6.07, 6.45) is 3.51. The maximum absolute atomic E-state index is 10.9. The van der Waals surface area contributed by atoms with Gasteiger partial charge in [-0.2, -0.15) is 43.2 Å². The number of phenols is 2. The average molecular weight is 912 g/mol. The molecule has 19 heteroatoms. The van der Waals surface area contributed by atoms with Crippen molar-refractivity contribution >= 4 is 56.6 Å². The van der Waals surface area contributed by atoms with Gasteiger partial charge in [0, 0.05) is 58.6 Å². The fraction of sp³-hybridized carbons (Fsp3) is 0.588. The molecule has 4 radical (unpaired) electrons. The zero-order valence-corrected chi connectivity index (χ0v) is 36.3. The van der Waals surface area contributed by atoms with Crippen molar-refractivity contribution in [3.63, 3.8) is 0 Å². The summed E-state index contributed by atoms with van der Waals surface area (Å²) in [5.41, 5.74) is -5.80. The SMILES string of the molecule is CC(C)(C)c1cc(C=NCCN=Cc2cc(C(C)(C)C)cc(C(C)(C)C)c2O)c(O)c(C(C)(C)C)c1.O=S(=O)(O)C(F)(F)F.O=S(=O)(O)C(F)(F)F.[Sn]. The molecule has 0 fully saturated rings. The number of hydrogen-bond acceptors (Lipinski definition) is 8. The number of hydrogen-bond donors (Lipinski definition) is 4. The van der Waals surface area contributed by atoms with E-state index in [4.69, 9.17) is 25.9 Å². The minimum atomic E-state index is -5.84. The van der Waals surface area contributed by atoms with E-state index < -0.39 is 31.3 Å². The topological polar surface area (TPSA) is 174 Å². The molecule has 4 N–H and O–H groups in total. The summed E-state index contributed by atoms with van der Waals surface area (Å²) >= 11 is 0. The number of phenolic OH excluding ortho intramolecular Hbond substituents is 2. The molecule has 0 aliphatic rings. The molecule has 10 nitrogen and oxygen atoms in total. The normalized spacial score (nSPS) is 13.6. The molecular formula is C34H50F6N2O8S2Sn. The number of halogens is 6. The second-order valence-corrected chi connectivity index (χ2v) is 18.7. The first-order valence-electron chi connectivity index (χ1n) is 15.6. The van der Waals surface area contributed by atoms with Gasteiger partial charge in [0.15, 0.2) is 0 Å². The van der Waals surface area contributed by atoms with E-state index in [-0.39, 0.29) is 45.6 Å². The standard InChI is InChI=1S/C32H48N2O2.2CHF3O3S.Sn/c1-29(2,3)23-15-21(27(35)25(17-23)31(7,8)9)19-33-13-14-34-20-22-16-24(30(4,5)6)18-26(28(22)36)32(10,11)12;2*2-1(3,4)8(5,6)7;/h15-20,35-36H,13-14H2,1-12H3;2*(H,5,6,7);. The Balaban J connectivity index is 0. The Morgan fingerprint density at radius 3 is 0.925 bits per heavy atom. The van der Waals surface area contributed by atoms with Crippen LogP contribution in [0.3, 0.4) is 0 Å². The van der Waals surface area contributed by atoms with Crippen LogP contribution in [-0.4, -0.2) is 96.6 Å². The van der Waals surface area contributed by atoms with Crippen LogP contribution >= 0.6 is 0 Å². The molecule has 2 rings (SSSR count). The van der Waals surface area contributed by atoms with Crippen molar-refractivity contribution in [1.29, 1.82) is 0 Å². The van der Waals surface area contributed by atoms with E-state index in [2.05, 4.69) is 105 Å². The molecule has 0 aliphatic carbocycles. The molecule has 0 saturated carbocycles. The molecular weight excluding hydrogens is 861 g/mol. The number of alkyl halides is 6. The van der Waals surface area contributed by atoms with Crippen molar-refractivity contribution in [3.05, 3.63) is 57.6 Å². The van der Waals surface area contributed by atoms with Gasteiger partial charge in [0.1, 0.15) is 11.5 Å². The molecule has 0 bridgehead atoms. The Bertz CT molecular complexity index is 1680. The van der Waals surface area contributed by atoms with Crippen molar-refractivity contribution in [2.45, 2.75) is 116 Å². The third-order valence-electron chi connectivity index (χ3n) is 7.03. The fourth-order valence-electron chi connectivity index (χ4n) is 3.96. The van der Waals surface area contributed by atoms with Gasteiger partial charge in [-0.15, -0.1) is 0 Å². The first kappa shape index (κ1) is 52.7. The smallest absolute Gasteiger partial charge is 0.507 e. The molecule has 2 aromatic carbocycles. The summed E-state index contributed by atoms with van der Waals surface area (Å²) in [6, 6.07) is 8.28. The number of aliphatic imine (C=N–C) groups is 2. The second-order valence-electron chi connectivity index (χ2n) is 15.8. The van der Waals surface area contributed by atoms with Gasteiger partial charge in [-0.05, 0) is 44.9 Å². The van der Waals surface area contributed by atoms with Crippen molar-refractivity contribution in [3.8, 4) is 11.5 Å². The first-order chi connectivity index (χ1) is 22.7. The zero-order chi connectivity index (χ0) is 41.7. The maximum atomic E-state index is 10.9. The van der Waals surface area contributed by atoms with Gasteiger partial charge < -0.3 is 10.2 Å². The number of rotatable bonds is 5. The van der Waals surface area contributed by atoms with Gasteiger partial charge in [-0.25, -0.2) is 0 Å². The molecule has 0 atom stereocenters. The van der Waals surface area contributed by atoms with Crippen molar-refractivity contribution in [1.82, 2.24) is 0 Å². The summed E-state index contributed by atoms with van der Waals surface area (Å²) in [5.74, 6) is 0.586. The minimum Gasteiger partial charge on any atom is -0.507 e. The molecule has 0 spiro atoms. The van der Waals surface area contributed by atoms with Crippen LogP contribution in [0.5, 0.6) is 11.5 Å². The third-order valence-corrected chi connectivity index (χ3v) is 8.20. The third kappa shape index (κ3) is 17.3. The van der Waals surface area contributed by atoms with Gasteiger partial charge in [-0.3, -0.25) is 19.1 Å². The van der Waals surface area contributed by atoms with Crippen LogP contribution in [0.4, 0.5) is 26.3 Å². The Kier molecular flexibility index (Phi) is 18.4. The molecule has 0 saturated heterocycles. The number of aromatic hydroxyl groups is 2. The molecule has 302 valence electrons. The molecule has 53 heavy (non-hydrogen) atoms. The van der Waals surface area contributed by atoms with Crippen molar-refractivity contribution < 1.29 is 62.5 Å². The fourth-order valence-corrected chi connectivity index (χ4v) is 3.96. The molecule has 2 aromatic rings. The predicted octanol–water partition coefficient (Wildman–Crippen LogP) is 8.23. The van der Waals surface area contributed by atoms with Crippen LogP contribution in [0.15, 0.2) is 34.3 Å². The summed E-state index contributed by atoms with van der Waals surface area (Å²) in [5, 5.41) is 21.9. The number of nitrogens with zero attached hydrogens (tertiary/aromatic N) is 2. The minimum absolute atomic E-state index is 0. The van der Waals surface area contributed by atoms with Gasteiger partial charge in [-0.1, -0.05) is 95.2 Å². The van der Waals surface area contributed by atoms with E-state index in [0.29, 0.717) is 24.6 Å². The van der Waals surface area contributed by atoms with Crippen LogP contribution in [0.2, 0.25) is 0 Å². The first-order valence-corrected chi connectivity index (χ1v) is 18.4. The van der Waals surface area contributed by atoms with Crippen LogP contribution < -0.4 is 0 Å². The van der Waals surface area contributed by atoms with E-state index in [9.17, 15) is 36.6 Å². The quantitative estimate of drug-likeness (QED) is 0.0580. The van der Waals surface area contributed by atoms with Gasteiger partial charge >= 0.3 is 31.3 Å². The van der Waals surface area contributed by atoms with E-state index >= 15 is 0 Å². The molecule has 0 aliphatic heterocycles. The second kappa shape index (κ2) is 18.5.